The van der Waals surface area contributed by atoms with E-state index in [2.05, 4.69) is 5.16 Å². The van der Waals surface area contributed by atoms with E-state index in [0.717, 1.165) is 16.2 Å². The predicted octanol–water partition coefficient (Wildman–Crippen LogP) is 0.244. The van der Waals surface area contributed by atoms with Gasteiger partial charge in [0.25, 0.3) is 0 Å². The highest BCUT2D eigenvalue weighted by Crippen LogP contribution is 2.10. The third kappa shape index (κ3) is 3.83. The number of carbonyl (C=O) groups is 1. The van der Waals surface area contributed by atoms with E-state index in [4.69, 9.17) is 15.3 Å². The standard InChI is InChI=1S/C14H14N2O3S/c1-18-11-6-4-10(5-7-11)14(15)16-19-13(17)9-12-3-2-8-20-12/h2-8H,9H2,1H3,(H2,15,16)/p+1. The van der Waals surface area contributed by atoms with Gasteiger partial charge in [-0.05, 0) is 35.7 Å². The van der Waals surface area contributed by atoms with Crippen molar-refractivity contribution in [2.45, 2.75) is 6.42 Å². The molecule has 0 aliphatic heterocycles. The predicted molar refractivity (Wildman–Crippen MR) is 76.4 cm³/mol. The van der Waals surface area contributed by atoms with Crippen molar-refractivity contribution in [3.63, 3.8) is 0 Å². The minimum Gasteiger partial charge on any atom is -0.497 e. The Morgan fingerprint density at radius 3 is 2.65 bits per heavy atom. The molecule has 0 aliphatic carbocycles. The number of hydrogen-bond acceptors (Lipinski definition) is 4. The van der Waals surface area contributed by atoms with Crippen molar-refractivity contribution < 1.29 is 19.5 Å². The molecule has 1 aromatic carbocycles. The Morgan fingerprint density at radius 2 is 2.05 bits per heavy atom. The number of nitrogens with one attached hydrogen (secondary N) is 1. The molecular weight excluding hydrogens is 276 g/mol. The minimum absolute atomic E-state index is 0.223. The fraction of sp³-hybridized carbons (Fsp3) is 0.143. The largest absolute Gasteiger partial charge is 0.497 e. The number of nitrogens with two attached hydrogens (primary N) is 1. The number of rotatable bonds is 5. The molecule has 3 N–H and O–H groups in total. The summed E-state index contributed by atoms with van der Waals surface area (Å²) in [7, 11) is 1.59. The van der Waals surface area contributed by atoms with Crippen LogP contribution in [0.2, 0.25) is 0 Å². The van der Waals surface area contributed by atoms with Crippen molar-refractivity contribution >= 4 is 23.1 Å². The third-order valence-corrected chi connectivity index (χ3v) is 3.45. The van der Waals surface area contributed by atoms with Gasteiger partial charge in [-0.25, -0.2) is 4.79 Å². The molecule has 20 heavy (non-hydrogen) atoms. The molecule has 0 fully saturated rings. The zero-order chi connectivity index (χ0) is 14.4. The maximum Gasteiger partial charge on any atom is 0.362 e. The summed E-state index contributed by atoms with van der Waals surface area (Å²) in [5.41, 5.74) is 6.52. The molecule has 0 spiro atoms. The van der Waals surface area contributed by atoms with Gasteiger partial charge in [-0.15, -0.1) is 11.3 Å². The monoisotopic (exact) mass is 291 g/mol. The number of amidine groups is 1. The van der Waals surface area contributed by atoms with Gasteiger partial charge in [-0.1, -0.05) is 11.2 Å². The van der Waals surface area contributed by atoms with Crippen molar-refractivity contribution in [3.8, 4) is 5.75 Å². The van der Waals surface area contributed by atoms with E-state index in [9.17, 15) is 4.79 Å². The Kier molecular flexibility index (Phi) is 4.73. The quantitative estimate of drug-likeness (QED) is 0.358. The molecule has 6 heteroatoms. The first-order valence-corrected chi connectivity index (χ1v) is 6.82. The van der Waals surface area contributed by atoms with Gasteiger partial charge in [-0.3, -0.25) is 10.6 Å². The number of methoxy groups -OCH3 is 1. The van der Waals surface area contributed by atoms with E-state index in [1.165, 1.54) is 11.3 Å². The second kappa shape index (κ2) is 6.72. The molecule has 1 heterocycles. The van der Waals surface area contributed by atoms with Gasteiger partial charge in [-0.2, -0.15) is 0 Å². The summed E-state index contributed by atoms with van der Waals surface area (Å²) in [5, 5.41) is 4.37. The van der Waals surface area contributed by atoms with E-state index >= 15 is 0 Å². The molecule has 2 aromatic rings. The number of thiophene rings is 1. The van der Waals surface area contributed by atoms with E-state index < -0.39 is 0 Å². The fourth-order valence-corrected chi connectivity index (χ4v) is 2.22. The molecule has 0 bridgehead atoms. The normalized spacial score (nSPS) is 11.2. The molecule has 1 aromatic heterocycles. The van der Waals surface area contributed by atoms with E-state index in [1.807, 2.05) is 17.5 Å². The molecule has 0 amide bonds. The number of carbonyl (C=O) groups excluding carboxylic acids is 1. The summed E-state index contributed by atoms with van der Waals surface area (Å²) >= 11 is 1.51. The highest BCUT2D eigenvalue weighted by molar-refractivity contribution is 7.10. The summed E-state index contributed by atoms with van der Waals surface area (Å²) in [6.07, 6.45) is 0.223. The van der Waals surface area contributed by atoms with Gasteiger partial charge >= 0.3 is 11.8 Å². The molecule has 0 unspecified atom stereocenters. The Labute approximate surface area is 120 Å². The van der Waals surface area contributed by atoms with Crippen LogP contribution in [0.3, 0.4) is 0 Å². The average molecular weight is 291 g/mol. The highest BCUT2D eigenvalue weighted by atomic mass is 32.1. The lowest BCUT2D eigenvalue weighted by molar-refractivity contribution is -0.724. The van der Waals surface area contributed by atoms with Gasteiger partial charge in [0.2, 0.25) is 0 Å². The van der Waals surface area contributed by atoms with E-state index in [0.29, 0.717) is 0 Å². The first-order chi connectivity index (χ1) is 9.69. The van der Waals surface area contributed by atoms with Crippen LogP contribution in [-0.4, -0.2) is 18.9 Å². The Bertz CT molecular complexity index is 591. The summed E-state index contributed by atoms with van der Waals surface area (Å²) in [4.78, 5) is 17.4. The van der Waals surface area contributed by atoms with Crippen LogP contribution < -0.4 is 15.6 Å². The number of nitrogen functional groups attached to an aromatic ring is 1. The summed E-state index contributed by atoms with van der Waals surface area (Å²) in [6.45, 7) is 0. The summed E-state index contributed by atoms with van der Waals surface area (Å²) < 4.78 is 5.05. The van der Waals surface area contributed by atoms with E-state index in [-0.39, 0.29) is 18.2 Å². The van der Waals surface area contributed by atoms with E-state index in [1.54, 1.807) is 31.4 Å². The summed E-state index contributed by atoms with van der Waals surface area (Å²) in [6, 6.07) is 10.9. The molecule has 2 rings (SSSR count). The third-order valence-electron chi connectivity index (χ3n) is 2.57. The topological polar surface area (TPSA) is 75.5 Å². The SMILES string of the molecule is COc1ccc(C(N)=[NH+]OC(=O)Cc2cccs2)cc1. The summed E-state index contributed by atoms with van der Waals surface area (Å²) in [5.74, 6) is 0.618. The Morgan fingerprint density at radius 1 is 1.30 bits per heavy atom. The van der Waals surface area contributed by atoms with Crippen LogP contribution in [0.15, 0.2) is 41.8 Å². The molecule has 104 valence electrons. The zero-order valence-corrected chi connectivity index (χ0v) is 11.8. The lowest BCUT2D eigenvalue weighted by Crippen LogP contribution is -2.75. The van der Waals surface area contributed by atoms with Crippen molar-refractivity contribution in [3.05, 3.63) is 52.2 Å². The van der Waals surface area contributed by atoms with Gasteiger partial charge in [0, 0.05) is 4.88 Å². The maximum absolute atomic E-state index is 11.6. The van der Waals surface area contributed by atoms with Crippen LogP contribution in [-0.2, 0) is 16.1 Å². The van der Waals surface area contributed by atoms with Crippen LogP contribution in [0.25, 0.3) is 0 Å². The van der Waals surface area contributed by atoms with Gasteiger partial charge < -0.3 is 4.74 Å². The maximum atomic E-state index is 11.6. The second-order valence-corrected chi connectivity index (χ2v) is 5.01. The van der Waals surface area contributed by atoms with Crippen LogP contribution in [0, 0.1) is 0 Å². The Hall–Kier alpha value is -2.34. The van der Waals surface area contributed by atoms with Crippen LogP contribution >= 0.6 is 11.3 Å². The molecule has 0 atom stereocenters. The number of ether oxygens (including phenoxy) is 1. The first kappa shape index (κ1) is 14.1. The molecule has 0 saturated carbocycles. The second-order valence-electron chi connectivity index (χ2n) is 3.97. The first-order valence-electron chi connectivity index (χ1n) is 5.94. The lowest BCUT2D eigenvalue weighted by atomic mass is 10.2. The lowest BCUT2D eigenvalue weighted by Gasteiger charge is -2.00. The molecule has 0 saturated heterocycles. The number of hydrogen-bond donors (Lipinski definition) is 2. The Balaban J connectivity index is 1.94. The van der Waals surface area contributed by atoms with Crippen molar-refractivity contribution in [1.82, 2.24) is 0 Å². The number of benzene rings is 1. The van der Waals surface area contributed by atoms with Crippen LogP contribution in [0.1, 0.15) is 10.4 Å². The average Bonchev–Trinajstić information content (AvgIpc) is 2.97. The fourth-order valence-electron chi connectivity index (χ4n) is 1.53. The minimum atomic E-state index is -0.385. The molecule has 5 nitrogen and oxygen atoms in total. The van der Waals surface area contributed by atoms with Crippen molar-refractivity contribution in [1.29, 1.82) is 0 Å². The molecule has 0 aliphatic rings. The molecular formula is C14H15N2O3S+. The smallest absolute Gasteiger partial charge is 0.362 e. The van der Waals surface area contributed by atoms with Crippen molar-refractivity contribution in [2.24, 2.45) is 5.73 Å². The molecule has 0 radical (unpaired) electrons. The van der Waals surface area contributed by atoms with Crippen LogP contribution in [0.4, 0.5) is 0 Å². The zero-order valence-electron chi connectivity index (χ0n) is 11.0. The van der Waals surface area contributed by atoms with Crippen LogP contribution in [0.5, 0.6) is 5.75 Å². The van der Waals surface area contributed by atoms with Gasteiger partial charge in [0.15, 0.2) is 0 Å². The van der Waals surface area contributed by atoms with Gasteiger partial charge in [0.1, 0.15) is 5.75 Å². The highest BCUT2D eigenvalue weighted by Gasteiger charge is 2.09. The van der Waals surface area contributed by atoms with Gasteiger partial charge in [0.05, 0.1) is 19.1 Å². The van der Waals surface area contributed by atoms with Crippen molar-refractivity contribution in [2.75, 3.05) is 7.11 Å².